The van der Waals surface area contributed by atoms with E-state index >= 15 is 0 Å². The van der Waals surface area contributed by atoms with Crippen LogP contribution in [0.5, 0.6) is 5.75 Å². The maximum Gasteiger partial charge on any atom is 0.282 e. The van der Waals surface area contributed by atoms with Crippen LogP contribution < -0.4 is 10.3 Å². The molecular weight excluding hydrogens is 536 g/mol. The third-order valence-corrected chi connectivity index (χ3v) is 6.61. The Kier molecular flexibility index (Phi) is 8.20. The topological polar surface area (TPSA) is 86.0 Å². The van der Waals surface area contributed by atoms with Crippen LogP contribution in [-0.2, 0) is 9.53 Å². The summed E-state index contributed by atoms with van der Waals surface area (Å²) in [6.45, 7) is 6.05. The van der Waals surface area contributed by atoms with E-state index in [9.17, 15) is 9.59 Å². The number of benzene rings is 2. The second kappa shape index (κ2) is 11.3. The largest absolute Gasteiger partial charge is 0.483 e. The first-order valence-electron chi connectivity index (χ1n) is 11.4. The standard InChI is InChI=1S/C25H26BrClN4O4/c1-3-16(2)24-29-21-6-4-18(26)13-20(21)25(33)31(24)28-14-17-12-19(27)5-7-22(17)35-15-23(32)30-8-10-34-11-9-30/h4-7,12-14,16H,3,8-11,15H2,1-2H3/t16-/m1/s1. The Hall–Kier alpha value is -2.75. The predicted molar refractivity (Wildman–Crippen MR) is 140 cm³/mol. The van der Waals surface area contributed by atoms with Crippen LogP contribution in [-0.4, -0.2) is 59.6 Å². The van der Waals surface area contributed by atoms with Crippen LogP contribution in [0.3, 0.4) is 0 Å². The number of morpholine rings is 1. The molecule has 1 aliphatic rings. The van der Waals surface area contributed by atoms with Crippen LogP contribution in [0.2, 0.25) is 5.02 Å². The third-order valence-electron chi connectivity index (χ3n) is 5.89. The van der Waals surface area contributed by atoms with E-state index in [1.807, 2.05) is 26.0 Å². The molecule has 35 heavy (non-hydrogen) atoms. The molecule has 0 bridgehead atoms. The van der Waals surface area contributed by atoms with Gasteiger partial charge in [0.1, 0.15) is 11.6 Å². The summed E-state index contributed by atoms with van der Waals surface area (Å²) in [7, 11) is 0. The minimum atomic E-state index is -0.269. The smallest absolute Gasteiger partial charge is 0.282 e. The van der Waals surface area contributed by atoms with Crippen LogP contribution in [0.15, 0.2) is 50.8 Å². The van der Waals surface area contributed by atoms with E-state index in [1.165, 1.54) is 10.9 Å². The average molecular weight is 562 g/mol. The van der Waals surface area contributed by atoms with E-state index in [0.29, 0.717) is 59.4 Å². The molecule has 1 aliphatic heterocycles. The molecule has 1 fully saturated rings. The van der Waals surface area contributed by atoms with Crippen molar-refractivity contribution in [1.29, 1.82) is 0 Å². The Morgan fingerprint density at radius 1 is 1.29 bits per heavy atom. The van der Waals surface area contributed by atoms with Crippen LogP contribution in [0, 0.1) is 0 Å². The Bertz CT molecular complexity index is 1320. The maximum atomic E-state index is 13.4. The molecule has 184 valence electrons. The first kappa shape index (κ1) is 25.3. The number of hydrogen-bond donors (Lipinski definition) is 0. The SMILES string of the molecule is CC[C@@H](C)c1nc2ccc(Br)cc2c(=O)n1N=Cc1cc(Cl)ccc1OCC(=O)N1CCOCC1. The molecule has 8 nitrogen and oxygen atoms in total. The lowest BCUT2D eigenvalue weighted by Crippen LogP contribution is -2.43. The number of carbonyl (C=O) groups is 1. The highest BCUT2D eigenvalue weighted by Gasteiger charge is 2.18. The molecule has 0 aliphatic carbocycles. The number of rotatable bonds is 7. The van der Waals surface area contributed by atoms with Crippen LogP contribution in [0.25, 0.3) is 10.9 Å². The number of ether oxygens (including phenoxy) is 2. The highest BCUT2D eigenvalue weighted by Crippen LogP contribution is 2.23. The Morgan fingerprint density at radius 3 is 2.80 bits per heavy atom. The number of fused-ring (bicyclic) bond motifs is 1. The van der Waals surface area contributed by atoms with Crippen molar-refractivity contribution in [2.24, 2.45) is 5.10 Å². The molecule has 1 atom stereocenters. The molecular formula is C25H26BrClN4O4. The highest BCUT2D eigenvalue weighted by atomic mass is 79.9. The van der Waals surface area contributed by atoms with Gasteiger partial charge in [-0.15, -0.1) is 0 Å². The van der Waals surface area contributed by atoms with Crippen molar-refractivity contribution in [1.82, 2.24) is 14.6 Å². The first-order chi connectivity index (χ1) is 16.9. The summed E-state index contributed by atoms with van der Waals surface area (Å²) >= 11 is 9.64. The monoisotopic (exact) mass is 560 g/mol. The summed E-state index contributed by atoms with van der Waals surface area (Å²) in [6.07, 6.45) is 2.30. The molecule has 1 saturated heterocycles. The Labute approximate surface area is 216 Å². The molecule has 3 aromatic rings. The molecule has 1 amide bonds. The number of aromatic nitrogens is 2. The van der Waals surface area contributed by atoms with Gasteiger partial charge in [-0.05, 0) is 42.8 Å². The molecule has 0 saturated carbocycles. The van der Waals surface area contributed by atoms with Crippen molar-refractivity contribution in [2.45, 2.75) is 26.2 Å². The second-order valence-electron chi connectivity index (χ2n) is 8.27. The molecule has 0 unspecified atom stereocenters. The quantitative estimate of drug-likeness (QED) is 0.398. The van der Waals surface area contributed by atoms with Crippen molar-refractivity contribution in [3.63, 3.8) is 0 Å². The van der Waals surface area contributed by atoms with Crippen molar-refractivity contribution in [3.05, 3.63) is 67.6 Å². The van der Waals surface area contributed by atoms with E-state index in [0.717, 1.165) is 10.9 Å². The fourth-order valence-electron chi connectivity index (χ4n) is 3.69. The number of halogens is 2. The summed E-state index contributed by atoms with van der Waals surface area (Å²) in [5.41, 5.74) is 0.895. The van der Waals surface area contributed by atoms with Gasteiger partial charge in [0.2, 0.25) is 0 Å². The molecule has 0 N–H and O–H groups in total. The number of hydrogen-bond acceptors (Lipinski definition) is 6. The number of carbonyl (C=O) groups excluding carboxylic acids is 1. The molecule has 10 heteroatoms. The van der Waals surface area contributed by atoms with Crippen LogP contribution in [0.1, 0.15) is 37.6 Å². The maximum absolute atomic E-state index is 13.4. The van der Waals surface area contributed by atoms with Gasteiger partial charge >= 0.3 is 0 Å². The predicted octanol–water partition coefficient (Wildman–Crippen LogP) is 4.45. The first-order valence-corrected chi connectivity index (χ1v) is 12.6. The lowest BCUT2D eigenvalue weighted by molar-refractivity contribution is -0.137. The zero-order valence-corrected chi connectivity index (χ0v) is 21.9. The summed E-state index contributed by atoms with van der Waals surface area (Å²) in [5.74, 6) is 0.893. The minimum Gasteiger partial charge on any atom is -0.483 e. The molecule has 0 radical (unpaired) electrons. The van der Waals surface area contributed by atoms with Crippen LogP contribution in [0.4, 0.5) is 0 Å². The molecule has 4 rings (SSSR count). The average Bonchev–Trinajstić information content (AvgIpc) is 2.87. The van der Waals surface area contributed by atoms with Gasteiger partial charge in [-0.2, -0.15) is 9.78 Å². The summed E-state index contributed by atoms with van der Waals surface area (Å²) < 4.78 is 13.2. The number of nitrogens with zero attached hydrogens (tertiary/aromatic N) is 4. The van der Waals surface area contributed by atoms with Gasteiger partial charge < -0.3 is 14.4 Å². The normalized spacial score (nSPS) is 15.0. The van der Waals surface area contributed by atoms with Gasteiger partial charge in [0.15, 0.2) is 6.61 Å². The lowest BCUT2D eigenvalue weighted by atomic mass is 10.1. The molecule has 0 spiro atoms. The van der Waals surface area contributed by atoms with E-state index in [1.54, 1.807) is 29.2 Å². The van der Waals surface area contributed by atoms with Gasteiger partial charge in [0, 0.05) is 34.1 Å². The van der Waals surface area contributed by atoms with E-state index in [-0.39, 0.29) is 24.0 Å². The Morgan fingerprint density at radius 2 is 2.06 bits per heavy atom. The van der Waals surface area contributed by atoms with Gasteiger partial charge in [0.25, 0.3) is 11.5 Å². The zero-order chi connectivity index (χ0) is 24.9. The van der Waals surface area contributed by atoms with Crippen molar-refractivity contribution >= 4 is 50.6 Å². The van der Waals surface area contributed by atoms with E-state index < -0.39 is 0 Å². The summed E-state index contributed by atoms with van der Waals surface area (Å²) in [5, 5.41) is 5.43. The molecule has 1 aromatic heterocycles. The van der Waals surface area contributed by atoms with E-state index in [4.69, 9.17) is 26.1 Å². The third kappa shape index (κ3) is 5.91. The van der Waals surface area contributed by atoms with Crippen molar-refractivity contribution in [3.8, 4) is 5.75 Å². The second-order valence-corrected chi connectivity index (χ2v) is 9.62. The molecule has 2 heterocycles. The van der Waals surface area contributed by atoms with Gasteiger partial charge in [0.05, 0.1) is 30.3 Å². The van der Waals surface area contributed by atoms with E-state index in [2.05, 4.69) is 21.0 Å². The van der Waals surface area contributed by atoms with Crippen molar-refractivity contribution in [2.75, 3.05) is 32.9 Å². The van der Waals surface area contributed by atoms with Crippen molar-refractivity contribution < 1.29 is 14.3 Å². The molecule has 2 aromatic carbocycles. The minimum absolute atomic E-state index is 0.00845. The van der Waals surface area contributed by atoms with Gasteiger partial charge in [-0.3, -0.25) is 9.59 Å². The fourth-order valence-corrected chi connectivity index (χ4v) is 4.24. The fraction of sp³-hybridized carbons (Fsp3) is 0.360. The number of amides is 1. The highest BCUT2D eigenvalue weighted by molar-refractivity contribution is 9.10. The van der Waals surface area contributed by atoms with Crippen LogP contribution >= 0.6 is 27.5 Å². The summed E-state index contributed by atoms with van der Waals surface area (Å²) in [4.78, 5) is 32.3. The van der Waals surface area contributed by atoms with Gasteiger partial charge in [-0.1, -0.05) is 41.4 Å². The zero-order valence-electron chi connectivity index (χ0n) is 19.5. The summed E-state index contributed by atoms with van der Waals surface area (Å²) in [6, 6.07) is 10.5. The van der Waals surface area contributed by atoms with Gasteiger partial charge in [-0.25, -0.2) is 4.98 Å². The lowest BCUT2D eigenvalue weighted by Gasteiger charge is -2.26. The Balaban J connectivity index is 1.67.